The number of aromatic amines is 1. The Labute approximate surface area is 128 Å². The van der Waals surface area contributed by atoms with E-state index in [1.165, 1.54) is 0 Å². The average Bonchev–Trinajstić information content (AvgIpc) is 2.90. The van der Waals surface area contributed by atoms with Crippen molar-refractivity contribution >= 4 is 60.2 Å². The van der Waals surface area contributed by atoms with Crippen molar-refractivity contribution in [3.8, 4) is 11.4 Å². The van der Waals surface area contributed by atoms with E-state index in [1.54, 1.807) is 29.5 Å². The third-order valence-corrected chi connectivity index (χ3v) is 4.98. The minimum Gasteiger partial charge on any atom is -0.478 e. The third kappa shape index (κ3) is 2.33. The van der Waals surface area contributed by atoms with Gasteiger partial charge in [0, 0.05) is 5.56 Å². The Morgan fingerprint density at radius 1 is 1.32 bits per heavy atom. The van der Waals surface area contributed by atoms with E-state index in [0.717, 1.165) is 18.7 Å². The molecule has 2 aromatic heterocycles. The molecule has 3 rings (SSSR count). The SMILES string of the molecule is O=C(O)c1ccc2nc(-c3cc(Br)sc3Br)[nH]c2c1. The number of halogens is 2. The largest absolute Gasteiger partial charge is 0.478 e. The van der Waals surface area contributed by atoms with Gasteiger partial charge in [0.05, 0.1) is 24.2 Å². The van der Waals surface area contributed by atoms with Crippen LogP contribution in [0.15, 0.2) is 31.8 Å². The molecular formula is C12H6Br2N2O2S. The second-order valence-corrected chi connectivity index (χ2v) is 7.61. The van der Waals surface area contributed by atoms with Gasteiger partial charge in [-0.2, -0.15) is 0 Å². The predicted octanol–water partition coefficient (Wildman–Crippen LogP) is 4.51. The first kappa shape index (κ1) is 12.8. The highest BCUT2D eigenvalue weighted by molar-refractivity contribution is 9.12. The van der Waals surface area contributed by atoms with E-state index in [2.05, 4.69) is 41.8 Å². The molecule has 7 heteroatoms. The molecule has 0 saturated carbocycles. The minimum atomic E-state index is -0.947. The molecule has 0 spiro atoms. The van der Waals surface area contributed by atoms with Gasteiger partial charge < -0.3 is 10.1 Å². The molecule has 0 amide bonds. The van der Waals surface area contributed by atoms with Crippen LogP contribution in [0.25, 0.3) is 22.4 Å². The Kier molecular flexibility index (Phi) is 3.20. The zero-order valence-electron chi connectivity index (χ0n) is 9.28. The molecule has 4 nitrogen and oxygen atoms in total. The highest BCUT2D eigenvalue weighted by Gasteiger charge is 2.13. The lowest BCUT2D eigenvalue weighted by Crippen LogP contribution is -1.94. The lowest BCUT2D eigenvalue weighted by Gasteiger charge is -1.92. The van der Waals surface area contributed by atoms with Crippen molar-refractivity contribution < 1.29 is 9.90 Å². The predicted molar refractivity (Wildman–Crippen MR) is 81.8 cm³/mol. The first-order valence-electron chi connectivity index (χ1n) is 5.23. The van der Waals surface area contributed by atoms with Crippen LogP contribution in [0.1, 0.15) is 10.4 Å². The Morgan fingerprint density at radius 3 is 2.74 bits per heavy atom. The van der Waals surface area contributed by atoms with E-state index in [1.807, 2.05) is 6.07 Å². The smallest absolute Gasteiger partial charge is 0.335 e. The van der Waals surface area contributed by atoms with E-state index in [-0.39, 0.29) is 5.56 Å². The van der Waals surface area contributed by atoms with E-state index in [9.17, 15) is 4.79 Å². The second-order valence-electron chi connectivity index (χ2n) is 3.86. The van der Waals surface area contributed by atoms with Gasteiger partial charge in [0.25, 0.3) is 0 Å². The minimum absolute atomic E-state index is 0.244. The van der Waals surface area contributed by atoms with Crippen molar-refractivity contribution in [3.63, 3.8) is 0 Å². The number of carbonyl (C=O) groups is 1. The molecule has 0 atom stereocenters. The highest BCUT2D eigenvalue weighted by Crippen LogP contribution is 2.37. The standard InChI is InChI=1S/C12H6Br2N2O2S/c13-9-4-6(10(14)19-9)11-15-7-2-1-5(12(17)18)3-8(7)16-11/h1-4H,(H,15,16)(H,17,18). The summed E-state index contributed by atoms with van der Waals surface area (Å²) in [5.74, 6) is -0.233. The molecule has 19 heavy (non-hydrogen) atoms. The third-order valence-electron chi connectivity index (χ3n) is 2.64. The number of imidazole rings is 1. The van der Waals surface area contributed by atoms with Crippen LogP contribution in [0.4, 0.5) is 0 Å². The van der Waals surface area contributed by atoms with Crippen LogP contribution in [0, 0.1) is 0 Å². The maximum atomic E-state index is 10.9. The number of carboxylic acid groups (broad SMARTS) is 1. The summed E-state index contributed by atoms with van der Waals surface area (Å²) in [6.45, 7) is 0. The number of hydrogen-bond acceptors (Lipinski definition) is 3. The van der Waals surface area contributed by atoms with Crippen LogP contribution in [-0.2, 0) is 0 Å². The molecule has 0 bridgehead atoms. The van der Waals surface area contributed by atoms with E-state index >= 15 is 0 Å². The lowest BCUT2D eigenvalue weighted by molar-refractivity contribution is 0.0697. The van der Waals surface area contributed by atoms with E-state index in [0.29, 0.717) is 11.3 Å². The van der Waals surface area contributed by atoms with Crippen molar-refractivity contribution in [1.82, 2.24) is 9.97 Å². The van der Waals surface area contributed by atoms with Crippen LogP contribution in [0.5, 0.6) is 0 Å². The van der Waals surface area contributed by atoms with Gasteiger partial charge >= 0.3 is 5.97 Å². The number of benzene rings is 1. The van der Waals surface area contributed by atoms with Gasteiger partial charge in [-0.05, 0) is 56.1 Å². The van der Waals surface area contributed by atoms with Crippen molar-refractivity contribution in [3.05, 3.63) is 37.4 Å². The molecule has 0 unspecified atom stereocenters. The number of nitrogens with one attached hydrogen (secondary N) is 1. The zero-order chi connectivity index (χ0) is 13.6. The molecular weight excluding hydrogens is 396 g/mol. The molecule has 96 valence electrons. The number of fused-ring (bicyclic) bond motifs is 1. The summed E-state index contributed by atoms with van der Waals surface area (Å²) in [6, 6.07) is 6.80. The van der Waals surface area contributed by atoms with Gasteiger partial charge in [-0.3, -0.25) is 0 Å². The van der Waals surface area contributed by atoms with Crippen molar-refractivity contribution in [2.75, 3.05) is 0 Å². The molecule has 2 heterocycles. The number of hydrogen-bond donors (Lipinski definition) is 2. The summed E-state index contributed by atoms with van der Waals surface area (Å²) < 4.78 is 1.97. The van der Waals surface area contributed by atoms with Gasteiger partial charge in [-0.15, -0.1) is 11.3 Å². The van der Waals surface area contributed by atoms with Gasteiger partial charge in [-0.1, -0.05) is 0 Å². The maximum absolute atomic E-state index is 10.9. The molecule has 0 aliphatic heterocycles. The first-order valence-corrected chi connectivity index (χ1v) is 7.63. The van der Waals surface area contributed by atoms with E-state index < -0.39 is 5.97 Å². The zero-order valence-corrected chi connectivity index (χ0v) is 13.3. The van der Waals surface area contributed by atoms with Crippen molar-refractivity contribution in [2.24, 2.45) is 0 Å². The van der Waals surface area contributed by atoms with Crippen molar-refractivity contribution in [1.29, 1.82) is 0 Å². The topological polar surface area (TPSA) is 66.0 Å². The average molecular weight is 402 g/mol. The molecule has 0 aliphatic carbocycles. The Hall–Kier alpha value is -1.18. The number of carboxylic acids is 1. The summed E-state index contributed by atoms with van der Waals surface area (Å²) >= 11 is 8.47. The molecule has 3 aromatic rings. The van der Waals surface area contributed by atoms with Crippen LogP contribution in [-0.4, -0.2) is 21.0 Å². The number of thiophene rings is 1. The number of aromatic carboxylic acids is 1. The van der Waals surface area contributed by atoms with Gasteiger partial charge in [-0.25, -0.2) is 9.78 Å². The number of aromatic nitrogens is 2. The summed E-state index contributed by atoms with van der Waals surface area (Å²) in [6.07, 6.45) is 0. The Morgan fingerprint density at radius 2 is 2.11 bits per heavy atom. The molecule has 0 fully saturated rings. The molecule has 1 aromatic carbocycles. The maximum Gasteiger partial charge on any atom is 0.335 e. The fourth-order valence-corrected chi connectivity index (χ4v) is 4.58. The quantitative estimate of drug-likeness (QED) is 0.663. The number of nitrogens with zero attached hydrogens (tertiary/aromatic N) is 1. The number of rotatable bonds is 2. The Balaban J connectivity index is 2.16. The first-order chi connectivity index (χ1) is 9.04. The monoisotopic (exact) mass is 400 g/mol. The van der Waals surface area contributed by atoms with Crippen LogP contribution in [0.2, 0.25) is 0 Å². The fourth-order valence-electron chi connectivity index (χ4n) is 1.77. The van der Waals surface area contributed by atoms with Gasteiger partial charge in [0.2, 0.25) is 0 Å². The summed E-state index contributed by atoms with van der Waals surface area (Å²) in [5.41, 5.74) is 2.65. The van der Waals surface area contributed by atoms with Crippen molar-refractivity contribution in [2.45, 2.75) is 0 Å². The molecule has 0 radical (unpaired) electrons. The fraction of sp³-hybridized carbons (Fsp3) is 0. The van der Waals surface area contributed by atoms with Crippen LogP contribution in [0.3, 0.4) is 0 Å². The lowest BCUT2D eigenvalue weighted by atomic mass is 10.2. The highest BCUT2D eigenvalue weighted by atomic mass is 79.9. The Bertz CT molecular complexity index is 794. The van der Waals surface area contributed by atoms with Gasteiger partial charge in [0.15, 0.2) is 0 Å². The van der Waals surface area contributed by atoms with Crippen LogP contribution >= 0.6 is 43.2 Å². The molecule has 0 saturated heterocycles. The van der Waals surface area contributed by atoms with Crippen LogP contribution < -0.4 is 0 Å². The normalized spacial score (nSPS) is 11.1. The molecule has 2 N–H and O–H groups in total. The summed E-state index contributed by atoms with van der Waals surface area (Å²) in [7, 11) is 0. The number of H-pyrrole nitrogens is 1. The van der Waals surface area contributed by atoms with Gasteiger partial charge in [0.1, 0.15) is 5.82 Å². The molecule has 0 aliphatic rings. The summed E-state index contributed by atoms with van der Waals surface area (Å²) in [5, 5.41) is 8.97. The summed E-state index contributed by atoms with van der Waals surface area (Å²) in [4.78, 5) is 18.5. The second kappa shape index (κ2) is 4.73. The van der Waals surface area contributed by atoms with E-state index in [4.69, 9.17) is 5.11 Å².